The number of rotatable bonds is 7. The Morgan fingerprint density at radius 3 is 2.76 bits per heavy atom. The van der Waals surface area contributed by atoms with Crippen LogP contribution in [0.2, 0.25) is 0 Å². The van der Waals surface area contributed by atoms with Crippen LogP contribution in [0.5, 0.6) is 11.6 Å². The lowest BCUT2D eigenvalue weighted by Gasteiger charge is -2.07. The molecule has 2 aromatic carbocycles. The standard InChI is InChI=1S/C20H17F2N3O3S/c1-11-8-12(17-14(9-11)24-16(10-23-17)28-20(21)22)19-25-13-4-3-5-15(18(13)29-19)27-7-6-26-2/h3-5,8-10,20H,6-7H2,1-2H3. The molecule has 0 spiro atoms. The molecule has 4 rings (SSSR count). The summed E-state index contributed by atoms with van der Waals surface area (Å²) in [4.78, 5) is 13.2. The van der Waals surface area contributed by atoms with Crippen LogP contribution in [0.3, 0.4) is 0 Å². The van der Waals surface area contributed by atoms with Crippen LogP contribution in [-0.2, 0) is 4.74 Å². The summed E-state index contributed by atoms with van der Waals surface area (Å²) in [6.45, 7) is -0.123. The Balaban J connectivity index is 1.79. The van der Waals surface area contributed by atoms with Crippen LogP contribution in [0.25, 0.3) is 31.8 Å². The van der Waals surface area contributed by atoms with Crippen LogP contribution in [0.1, 0.15) is 5.56 Å². The van der Waals surface area contributed by atoms with Gasteiger partial charge in [0.1, 0.15) is 17.4 Å². The van der Waals surface area contributed by atoms with Crippen LogP contribution in [-0.4, -0.2) is 41.9 Å². The lowest BCUT2D eigenvalue weighted by atomic mass is 10.1. The van der Waals surface area contributed by atoms with Gasteiger partial charge in [-0.25, -0.2) is 15.0 Å². The van der Waals surface area contributed by atoms with Gasteiger partial charge in [0.05, 0.1) is 34.1 Å². The summed E-state index contributed by atoms with van der Waals surface area (Å²) in [5.41, 5.74) is 3.53. The Kier molecular flexibility index (Phi) is 5.50. The van der Waals surface area contributed by atoms with Gasteiger partial charge in [0.15, 0.2) is 0 Å². The van der Waals surface area contributed by atoms with E-state index in [1.165, 1.54) is 17.5 Å². The zero-order valence-electron chi connectivity index (χ0n) is 15.7. The normalized spacial score (nSPS) is 11.5. The van der Waals surface area contributed by atoms with Gasteiger partial charge in [-0.1, -0.05) is 6.07 Å². The van der Waals surface area contributed by atoms with E-state index in [9.17, 15) is 8.78 Å². The first-order valence-corrected chi connectivity index (χ1v) is 9.60. The van der Waals surface area contributed by atoms with E-state index < -0.39 is 6.61 Å². The molecule has 0 N–H and O–H groups in total. The molecule has 0 radical (unpaired) electrons. The molecular formula is C20H17F2N3O3S. The number of alkyl halides is 2. The van der Waals surface area contributed by atoms with Crippen molar-refractivity contribution in [3.63, 3.8) is 0 Å². The van der Waals surface area contributed by atoms with Crippen LogP contribution >= 0.6 is 11.3 Å². The number of hydrogen-bond donors (Lipinski definition) is 0. The maximum Gasteiger partial charge on any atom is 0.388 e. The number of halogens is 2. The highest BCUT2D eigenvalue weighted by atomic mass is 32.1. The first-order chi connectivity index (χ1) is 14.0. The number of aromatic nitrogens is 3. The molecule has 150 valence electrons. The van der Waals surface area contributed by atoms with E-state index in [4.69, 9.17) is 14.5 Å². The molecule has 4 aromatic rings. The fourth-order valence-electron chi connectivity index (χ4n) is 2.95. The Labute approximate surface area is 169 Å². The van der Waals surface area contributed by atoms with E-state index in [-0.39, 0.29) is 5.88 Å². The van der Waals surface area contributed by atoms with Crippen molar-refractivity contribution in [1.29, 1.82) is 0 Å². The summed E-state index contributed by atoms with van der Waals surface area (Å²) < 4.78 is 41.1. The van der Waals surface area contributed by atoms with E-state index in [1.807, 2.05) is 31.2 Å². The van der Waals surface area contributed by atoms with Crippen LogP contribution in [0.4, 0.5) is 8.78 Å². The summed E-state index contributed by atoms with van der Waals surface area (Å²) >= 11 is 1.48. The average molecular weight is 417 g/mol. The predicted molar refractivity (Wildman–Crippen MR) is 107 cm³/mol. The summed E-state index contributed by atoms with van der Waals surface area (Å²) in [6.07, 6.45) is 1.19. The van der Waals surface area contributed by atoms with Gasteiger partial charge in [0.2, 0.25) is 5.88 Å². The van der Waals surface area contributed by atoms with Crippen LogP contribution in [0.15, 0.2) is 36.5 Å². The quantitative estimate of drug-likeness (QED) is 0.401. The van der Waals surface area contributed by atoms with E-state index >= 15 is 0 Å². The third-order valence-corrected chi connectivity index (χ3v) is 5.25. The minimum Gasteiger partial charge on any atom is -0.490 e. The van der Waals surface area contributed by atoms with Gasteiger partial charge in [-0.3, -0.25) is 0 Å². The summed E-state index contributed by atoms with van der Waals surface area (Å²) in [6, 6.07) is 9.42. The number of benzene rings is 2. The van der Waals surface area contributed by atoms with Gasteiger partial charge >= 0.3 is 6.61 Å². The Hall–Kier alpha value is -2.91. The highest BCUT2D eigenvalue weighted by Gasteiger charge is 2.16. The second kappa shape index (κ2) is 8.22. The molecule has 2 heterocycles. The van der Waals surface area contributed by atoms with Crippen molar-refractivity contribution < 1.29 is 23.0 Å². The van der Waals surface area contributed by atoms with Crippen molar-refractivity contribution >= 4 is 32.6 Å². The molecule has 0 aliphatic carbocycles. The molecule has 0 atom stereocenters. The molecule has 6 nitrogen and oxygen atoms in total. The molecule has 29 heavy (non-hydrogen) atoms. The topological polar surface area (TPSA) is 66.4 Å². The molecule has 0 amide bonds. The molecule has 0 saturated carbocycles. The highest BCUT2D eigenvalue weighted by molar-refractivity contribution is 7.22. The predicted octanol–water partition coefficient (Wildman–Crippen LogP) is 4.84. The zero-order valence-corrected chi connectivity index (χ0v) is 16.5. The summed E-state index contributed by atoms with van der Waals surface area (Å²) in [7, 11) is 1.62. The fourth-order valence-corrected chi connectivity index (χ4v) is 4.00. The molecule has 9 heteroatoms. The molecule has 0 aliphatic rings. The first-order valence-electron chi connectivity index (χ1n) is 8.79. The van der Waals surface area contributed by atoms with Crippen LogP contribution < -0.4 is 9.47 Å². The molecular weight excluding hydrogens is 400 g/mol. The molecule has 0 unspecified atom stereocenters. The SMILES string of the molecule is COCCOc1cccc2nc(-c3cc(C)cc4nc(OC(F)F)cnc34)sc12. The van der Waals surface area contributed by atoms with Gasteiger partial charge in [-0.05, 0) is 36.8 Å². The van der Waals surface area contributed by atoms with Gasteiger partial charge in [0.25, 0.3) is 0 Å². The van der Waals surface area contributed by atoms with E-state index in [1.54, 1.807) is 13.2 Å². The second-order valence-corrected chi connectivity index (χ2v) is 7.23. The number of methoxy groups -OCH3 is 1. The molecule has 0 saturated heterocycles. The number of aryl methyl sites for hydroxylation is 1. The summed E-state index contributed by atoms with van der Waals surface area (Å²) in [5.74, 6) is 0.515. The Morgan fingerprint density at radius 2 is 1.97 bits per heavy atom. The van der Waals surface area contributed by atoms with E-state index in [2.05, 4.69) is 14.7 Å². The van der Waals surface area contributed by atoms with Gasteiger partial charge < -0.3 is 14.2 Å². The largest absolute Gasteiger partial charge is 0.490 e. The number of thiazole rings is 1. The average Bonchev–Trinajstić information content (AvgIpc) is 3.12. The third kappa shape index (κ3) is 4.10. The number of ether oxygens (including phenoxy) is 3. The minimum atomic E-state index is -2.95. The van der Waals surface area contributed by atoms with Gasteiger partial charge in [-0.2, -0.15) is 8.78 Å². The molecule has 0 aliphatic heterocycles. The Bertz CT molecular complexity index is 1170. The Morgan fingerprint density at radius 1 is 1.10 bits per heavy atom. The summed E-state index contributed by atoms with van der Waals surface area (Å²) in [5, 5.41) is 0.744. The number of nitrogens with zero attached hydrogens (tertiary/aromatic N) is 3. The third-order valence-electron chi connectivity index (χ3n) is 4.13. The van der Waals surface area contributed by atoms with Crippen molar-refractivity contribution in [2.75, 3.05) is 20.3 Å². The molecule has 0 fully saturated rings. The van der Waals surface area contributed by atoms with Crippen molar-refractivity contribution in [2.24, 2.45) is 0 Å². The lowest BCUT2D eigenvalue weighted by molar-refractivity contribution is -0.0528. The maximum absolute atomic E-state index is 12.5. The highest BCUT2D eigenvalue weighted by Crippen LogP contribution is 2.38. The van der Waals surface area contributed by atoms with E-state index in [0.29, 0.717) is 24.2 Å². The minimum absolute atomic E-state index is 0.220. The second-order valence-electron chi connectivity index (χ2n) is 6.23. The number of hydrogen-bond acceptors (Lipinski definition) is 7. The molecule has 2 aromatic heterocycles. The zero-order chi connectivity index (χ0) is 20.4. The van der Waals surface area contributed by atoms with Gasteiger partial charge in [0, 0.05) is 12.7 Å². The fraction of sp³-hybridized carbons (Fsp3) is 0.250. The van der Waals surface area contributed by atoms with E-state index in [0.717, 1.165) is 32.1 Å². The van der Waals surface area contributed by atoms with Gasteiger partial charge in [-0.15, -0.1) is 11.3 Å². The van der Waals surface area contributed by atoms with Crippen LogP contribution in [0, 0.1) is 6.92 Å². The lowest BCUT2D eigenvalue weighted by Crippen LogP contribution is -2.04. The van der Waals surface area contributed by atoms with Crippen molar-refractivity contribution in [3.8, 4) is 22.2 Å². The first kappa shape index (κ1) is 19.4. The monoisotopic (exact) mass is 417 g/mol. The molecule has 0 bridgehead atoms. The van der Waals surface area contributed by atoms with Crippen molar-refractivity contribution in [1.82, 2.24) is 15.0 Å². The maximum atomic E-state index is 12.5. The van der Waals surface area contributed by atoms with Crippen molar-refractivity contribution in [2.45, 2.75) is 13.5 Å². The smallest absolute Gasteiger partial charge is 0.388 e. The number of fused-ring (bicyclic) bond motifs is 2. The van der Waals surface area contributed by atoms with Crippen molar-refractivity contribution in [3.05, 3.63) is 42.1 Å².